The Balaban J connectivity index is 2.65. The maximum Gasteiger partial charge on any atom is 0.216 e. The van der Waals surface area contributed by atoms with Gasteiger partial charge in [-0.1, -0.05) is 6.92 Å². The SMILES string of the molecule is CCNCC(C)S(=O)(=O)NC(C)c1ncc(C)o1. The third-order valence-corrected chi connectivity index (χ3v) is 4.47. The number of hydrogen-bond donors (Lipinski definition) is 2. The van der Waals surface area contributed by atoms with E-state index in [9.17, 15) is 8.42 Å². The molecule has 2 N–H and O–H groups in total. The van der Waals surface area contributed by atoms with Gasteiger partial charge in [0.2, 0.25) is 15.9 Å². The van der Waals surface area contributed by atoms with Crippen molar-refractivity contribution in [3.05, 3.63) is 17.8 Å². The molecule has 2 atom stereocenters. The number of nitrogens with one attached hydrogen (secondary N) is 2. The lowest BCUT2D eigenvalue weighted by molar-refractivity contribution is 0.426. The molecule has 1 rings (SSSR count). The summed E-state index contributed by atoms with van der Waals surface area (Å²) in [6.45, 7) is 8.25. The maximum atomic E-state index is 12.0. The minimum Gasteiger partial charge on any atom is -0.444 e. The van der Waals surface area contributed by atoms with E-state index in [1.54, 1.807) is 27.0 Å². The lowest BCUT2D eigenvalue weighted by Crippen LogP contribution is -2.40. The zero-order chi connectivity index (χ0) is 13.8. The average Bonchev–Trinajstić information content (AvgIpc) is 2.72. The Labute approximate surface area is 108 Å². The minimum atomic E-state index is -3.38. The van der Waals surface area contributed by atoms with Crippen molar-refractivity contribution in [1.82, 2.24) is 15.0 Å². The molecular weight excluding hydrogens is 254 g/mol. The molecular formula is C11H21N3O3S. The Morgan fingerprint density at radius 2 is 2.11 bits per heavy atom. The summed E-state index contributed by atoms with van der Waals surface area (Å²) in [5.74, 6) is 1.04. The highest BCUT2D eigenvalue weighted by Crippen LogP contribution is 2.14. The van der Waals surface area contributed by atoms with Gasteiger partial charge in [0.05, 0.1) is 17.5 Å². The normalized spacial score (nSPS) is 15.6. The van der Waals surface area contributed by atoms with Crippen LogP contribution in [-0.2, 0) is 10.0 Å². The molecule has 0 spiro atoms. The van der Waals surface area contributed by atoms with Gasteiger partial charge in [0.25, 0.3) is 0 Å². The largest absolute Gasteiger partial charge is 0.444 e. The number of oxazole rings is 1. The fourth-order valence-electron chi connectivity index (χ4n) is 1.44. The molecule has 1 heterocycles. The molecule has 0 aliphatic carbocycles. The summed E-state index contributed by atoms with van der Waals surface area (Å²) in [6, 6.07) is -0.465. The fourth-order valence-corrected chi connectivity index (χ4v) is 2.61. The summed E-state index contributed by atoms with van der Waals surface area (Å²) in [4.78, 5) is 4.01. The zero-order valence-electron chi connectivity index (χ0n) is 11.2. The van der Waals surface area contributed by atoms with Crippen LogP contribution in [0.25, 0.3) is 0 Å². The first-order valence-corrected chi connectivity index (χ1v) is 7.55. The van der Waals surface area contributed by atoms with Crippen LogP contribution in [-0.4, -0.2) is 31.7 Å². The van der Waals surface area contributed by atoms with Gasteiger partial charge in [-0.15, -0.1) is 0 Å². The number of nitrogens with zero attached hydrogens (tertiary/aromatic N) is 1. The number of aromatic nitrogens is 1. The number of aryl methyl sites for hydroxylation is 1. The lowest BCUT2D eigenvalue weighted by atomic mass is 10.4. The standard InChI is InChI=1S/C11H21N3O3S/c1-5-12-7-9(3)18(15,16)14-10(4)11-13-6-8(2)17-11/h6,9-10,12,14H,5,7H2,1-4H3. The fraction of sp³-hybridized carbons (Fsp3) is 0.727. The Bertz CT molecular complexity index is 470. The first-order valence-electron chi connectivity index (χ1n) is 6.01. The van der Waals surface area contributed by atoms with Crippen LogP contribution in [0.5, 0.6) is 0 Å². The molecule has 6 nitrogen and oxygen atoms in total. The highest BCUT2D eigenvalue weighted by atomic mass is 32.2. The Kier molecular flexibility index (Phi) is 5.30. The smallest absolute Gasteiger partial charge is 0.216 e. The minimum absolute atomic E-state index is 0.381. The molecule has 0 saturated carbocycles. The summed E-state index contributed by atoms with van der Waals surface area (Å²) < 4.78 is 31.9. The number of rotatable bonds is 7. The monoisotopic (exact) mass is 275 g/mol. The second-order valence-electron chi connectivity index (χ2n) is 4.31. The molecule has 1 aromatic rings. The molecule has 0 saturated heterocycles. The summed E-state index contributed by atoms with van der Waals surface area (Å²) in [7, 11) is -3.38. The number of sulfonamides is 1. The second kappa shape index (κ2) is 6.31. The van der Waals surface area contributed by atoms with Crippen molar-refractivity contribution in [2.24, 2.45) is 0 Å². The van der Waals surface area contributed by atoms with Crippen LogP contribution in [0.3, 0.4) is 0 Å². The van der Waals surface area contributed by atoms with Gasteiger partial charge in [0.15, 0.2) is 0 Å². The molecule has 0 aromatic carbocycles. The van der Waals surface area contributed by atoms with Gasteiger partial charge in [0, 0.05) is 6.54 Å². The molecule has 7 heteroatoms. The van der Waals surface area contributed by atoms with E-state index >= 15 is 0 Å². The summed E-state index contributed by atoms with van der Waals surface area (Å²) in [5.41, 5.74) is 0. The molecule has 18 heavy (non-hydrogen) atoms. The summed E-state index contributed by atoms with van der Waals surface area (Å²) in [6.07, 6.45) is 1.57. The van der Waals surface area contributed by atoms with E-state index in [1.165, 1.54) is 0 Å². The molecule has 0 radical (unpaired) electrons. The maximum absolute atomic E-state index is 12.0. The van der Waals surface area contributed by atoms with E-state index in [-0.39, 0.29) is 0 Å². The highest BCUT2D eigenvalue weighted by Gasteiger charge is 2.24. The van der Waals surface area contributed by atoms with Gasteiger partial charge in [-0.25, -0.2) is 18.1 Å². The van der Waals surface area contributed by atoms with Gasteiger partial charge in [-0.3, -0.25) is 0 Å². The van der Waals surface area contributed by atoms with Crippen LogP contribution in [0, 0.1) is 6.92 Å². The summed E-state index contributed by atoms with van der Waals surface area (Å²) >= 11 is 0. The van der Waals surface area contributed by atoms with Crippen LogP contribution in [0.1, 0.15) is 38.5 Å². The van der Waals surface area contributed by atoms with Crippen LogP contribution in [0.4, 0.5) is 0 Å². The molecule has 2 unspecified atom stereocenters. The van der Waals surface area contributed by atoms with E-state index < -0.39 is 21.3 Å². The molecule has 1 aromatic heterocycles. The molecule has 104 valence electrons. The van der Waals surface area contributed by atoms with E-state index in [4.69, 9.17) is 4.42 Å². The van der Waals surface area contributed by atoms with Crippen LogP contribution in [0.2, 0.25) is 0 Å². The lowest BCUT2D eigenvalue weighted by Gasteiger charge is -2.16. The Morgan fingerprint density at radius 1 is 1.44 bits per heavy atom. The Morgan fingerprint density at radius 3 is 2.61 bits per heavy atom. The predicted octanol–water partition coefficient (Wildman–Crippen LogP) is 0.961. The van der Waals surface area contributed by atoms with Crippen molar-refractivity contribution < 1.29 is 12.8 Å². The van der Waals surface area contributed by atoms with E-state index in [0.717, 1.165) is 6.54 Å². The van der Waals surface area contributed by atoms with E-state index in [0.29, 0.717) is 18.2 Å². The molecule has 0 aliphatic rings. The predicted molar refractivity (Wildman–Crippen MR) is 69.7 cm³/mol. The van der Waals surface area contributed by atoms with Crippen LogP contribution >= 0.6 is 0 Å². The van der Waals surface area contributed by atoms with E-state index in [2.05, 4.69) is 15.0 Å². The Hall–Kier alpha value is -0.920. The van der Waals surface area contributed by atoms with Crippen molar-refractivity contribution in [2.45, 2.75) is 39.0 Å². The van der Waals surface area contributed by atoms with Crippen molar-refractivity contribution >= 4 is 10.0 Å². The topological polar surface area (TPSA) is 84.2 Å². The van der Waals surface area contributed by atoms with Crippen LogP contribution < -0.4 is 10.0 Å². The third-order valence-electron chi connectivity index (χ3n) is 2.56. The third kappa shape index (κ3) is 4.08. The quantitative estimate of drug-likeness (QED) is 0.774. The van der Waals surface area contributed by atoms with Crippen molar-refractivity contribution in [2.75, 3.05) is 13.1 Å². The molecule has 0 bridgehead atoms. The molecule has 0 fully saturated rings. The van der Waals surface area contributed by atoms with Crippen molar-refractivity contribution in [3.8, 4) is 0 Å². The molecule has 0 aliphatic heterocycles. The number of hydrogen-bond acceptors (Lipinski definition) is 5. The zero-order valence-corrected chi connectivity index (χ0v) is 12.0. The first-order chi connectivity index (χ1) is 8.36. The average molecular weight is 275 g/mol. The van der Waals surface area contributed by atoms with Crippen molar-refractivity contribution in [3.63, 3.8) is 0 Å². The van der Waals surface area contributed by atoms with Gasteiger partial charge < -0.3 is 9.73 Å². The highest BCUT2D eigenvalue weighted by molar-refractivity contribution is 7.90. The van der Waals surface area contributed by atoms with Gasteiger partial charge in [-0.2, -0.15) is 0 Å². The van der Waals surface area contributed by atoms with Crippen LogP contribution in [0.15, 0.2) is 10.6 Å². The molecule has 0 amide bonds. The van der Waals surface area contributed by atoms with E-state index in [1.807, 2.05) is 6.92 Å². The summed E-state index contributed by atoms with van der Waals surface area (Å²) in [5, 5.41) is 2.51. The van der Waals surface area contributed by atoms with Crippen molar-refractivity contribution in [1.29, 1.82) is 0 Å². The van der Waals surface area contributed by atoms with Gasteiger partial charge >= 0.3 is 0 Å². The van der Waals surface area contributed by atoms with Gasteiger partial charge in [-0.05, 0) is 27.3 Å². The van der Waals surface area contributed by atoms with Gasteiger partial charge in [0.1, 0.15) is 5.76 Å². The first kappa shape index (κ1) is 15.1. The second-order valence-corrected chi connectivity index (χ2v) is 6.44.